The standard InChI is InChI=1S/C17H14N4O2/c1-12(14-6-2-8-15(11-14)21(22)23)19-20-16-9-3-5-13-7-4-10-18-17(13)16/h2-11,20H,1H3/b19-12+. The quantitative estimate of drug-likeness (QED) is 0.449. The second kappa shape index (κ2) is 6.23. The van der Waals surface area contributed by atoms with Gasteiger partial charge in [0.15, 0.2) is 0 Å². The van der Waals surface area contributed by atoms with Crippen LogP contribution in [0, 0.1) is 10.1 Å². The molecule has 0 bridgehead atoms. The molecule has 1 aromatic heterocycles. The van der Waals surface area contributed by atoms with E-state index in [1.165, 1.54) is 12.1 Å². The summed E-state index contributed by atoms with van der Waals surface area (Å²) in [5.41, 5.74) is 5.99. The topological polar surface area (TPSA) is 80.4 Å². The molecule has 3 rings (SSSR count). The molecule has 23 heavy (non-hydrogen) atoms. The summed E-state index contributed by atoms with van der Waals surface area (Å²) >= 11 is 0. The van der Waals surface area contributed by atoms with Gasteiger partial charge in [-0.1, -0.05) is 30.3 Å². The first kappa shape index (κ1) is 14.6. The maximum Gasteiger partial charge on any atom is 0.270 e. The molecule has 0 saturated carbocycles. The third-order valence-electron chi connectivity index (χ3n) is 3.45. The molecule has 0 aliphatic heterocycles. The van der Waals surface area contributed by atoms with Gasteiger partial charge in [-0.05, 0) is 19.1 Å². The number of hydrogen-bond donors (Lipinski definition) is 1. The minimum Gasteiger partial charge on any atom is -0.276 e. The lowest BCUT2D eigenvalue weighted by Crippen LogP contribution is -2.01. The Morgan fingerprint density at radius 1 is 1.17 bits per heavy atom. The molecule has 0 amide bonds. The lowest BCUT2D eigenvalue weighted by Gasteiger charge is -2.06. The van der Waals surface area contributed by atoms with Gasteiger partial charge in [0.2, 0.25) is 0 Å². The molecule has 114 valence electrons. The smallest absolute Gasteiger partial charge is 0.270 e. The molecule has 6 heteroatoms. The fourth-order valence-corrected chi connectivity index (χ4v) is 2.25. The Kier molecular flexibility index (Phi) is 3.97. The molecule has 0 aliphatic carbocycles. The van der Waals surface area contributed by atoms with Gasteiger partial charge < -0.3 is 0 Å². The third-order valence-corrected chi connectivity index (χ3v) is 3.45. The van der Waals surface area contributed by atoms with Crippen molar-refractivity contribution >= 4 is 28.0 Å². The summed E-state index contributed by atoms with van der Waals surface area (Å²) < 4.78 is 0. The molecule has 1 N–H and O–H groups in total. The molecule has 6 nitrogen and oxygen atoms in total. The van der Waals surface area contributed by atoms with Gasteiger partial charge in [-0.2, -0.15) is 5.10 Å². The molecule has 0 atom stereocenters. The van der Waals surface area contributed by atoms with E-state index in [0.717, 1.165) is 16.6 Å². The van der Waals surface area contributed by atoms with Gasteiger partial charge in [0, 0.05) is 29.3 Å². The van der Waals surface area contributed by atoms with E-state index >= 15 is 0 Å². The predicted octanol–water partition coefficient (Wildman–Crippen LogP) is 3.98. The van der Waals surface area contributed by atoms with Crippen molar-refractivity contribution in [3.63, 3.8) is 0 Å². The number of rotatable bonds is 4. The summed E-state index contributed by atoms with van der Waals surface area (Å²) in [6.07, 6.45) is 1.73. The van der Waals surface area contributed by atoms with E-state index in [4.69, 9.17) is 0 Å². The zero-order valence-electron chi connectivity index (χ0n) is 12.4. The lowest BCUT2D eigenvalue weighted by atomic mass is 10.1. The Bertz CT molecular complexity index is 900. The maximum absolute atomic E-state index is 10.8. The number of para-hydroxylation sites is 1. The molecule has 0 unspecified atom stereocenters. The Labute approximate surface area is 132 Å². The van der Waals surface area contributed by atoms with E-state index < -0.39 is 4.92 Å². The van der Waals surface area contributed by atoms with E-state index in [9.17, 15) is 10.1 Å². The van der Waals surface area contributed by atoms with Crippen LogP contribution in [0.3, 0.4) is 0 Å². The summed E-state index contributed by atoms with van der Waals surface area (Å²) in [6, 6.07) is 16.0. The van der Waals surface area contributed by atoms with Gasteiger partial charge >= 0.3 is 0 Å². The Balaban J connectivity index is 1.89. The monoisotopic (exact) mass is 306 g/mol. The van der Waals surface area contributed by atoms with Crippen LogP contribution in [-0.2, 0) is 0 Å². The number of aromatic nitrogens is 1. The summed E-state index contributed by atoms with van der Waals surface area (Å²) in [5.74, 6) is 0. The third kappa shape index (κ3) is 3.16. The van der Waals surface area contributed by atoms with Crippen LogP contribution in [0.4, 0.5) is 11.4 Å². The maximum atomic E-state index is 10.8. The number of nitro groups is 1. The van der Waals surface area contributed by atoms with E-state index in [-0.39, 0.29) is 5.69 Å². The summed E-state index contributed by atoms with van der Waals surface area (Å²) in [5, 5.41) is 16.2. The first-order chi connectivity index (χ1) is 11.1. The van der Waals surface area contributed by atoms with Crippen LogP contribution in [0.5, 0.6) is 0 Å². The number of hydrazone groups is 1. The number of non-ortho nitro benzene ring substituents is 1. The molecule has 0 saturated heterocycles. The van der Waals surface area contributed by atoms with Crippen LogP contribution in [-0.4, -0.2) is 15.6 Å². The second-order valence-electron chi connectivity index (χ2n) is 5.00. The van der Waals surface area contributed by atoms with Gasteiger partial charge in [0.25, 0.3) is 5.69 Å². The second-order valence-corrected chi connectivity index (χ2v) is 5.00. The summed E-state index contributed by atoms with van der Waals surface area (Å²) in [4.78, 5) is 14.8. The van der Waals surface area contributed by atoms with Gasteiger partial charge in [0.05, 0.1) is 21.8 Å². The van der Waals surface area contributed by atoms with Crippen molar-refractivity contribution in [1.29, 1.82) is 0 Å². The number of pyridine rings is 1. The van der Waals surface area contributed by atoms with Crippen molar-refractivity contribution in [2.45, 2.75) is 6.92 Å². The number of fused-ring (bicyclic) bond motifs is 1. The van der Waals surface area contributed by atoms with Crippen LogP contribution in [0.25, 0.3) is 10.9 Å². The highest BCUT2D eigenvalue weighted by molar-refractivity contribution is 6.00. The van der Waals surface area contributed by atoms with Crippen molar-refractivity contribution in [3.8, 4) is 0 Å². The molecular weight excluding hydrogens is 292 g/mol. The number of nitrogens with one attached hydrogen (secondary N) is 1. The van der Waals surface area contributed by atoms with Crippen LogP contribution in [0.1, 0.15) is 12.5 Å². The fourth-order valence-electron chi connectivity index (χ4n) is 2.25. The van der Waals surface area contributed by atoms with Crippen molar-refractivity contribution in [2.75, 3.05) is 5.43 Å². The van der Waals surface area contributed by atoms with E-state index in [1.807, 2.05) is 30.3 Å². The number of benzene rings is 2. The molecule has 0 fully saturated rings. The molecule has 0 aliphatic rings. The van der Waals surface area contributed by atoms with Crippen LogP contribution in [0.2, 0.25) is 0 Å². The van der Waals surface area contributed by atoms with Gasteiger partial charge in [-0.25, -0.2) is 0 Å². The molecule has 0 radical (unpaired) electrons. The molecule has 2 aromatic carbocycles. The average Bonchev–Trinajstić information content (AvgIpc) is 2.59. The van der Waals surface area contributed by atoms with Gasteiger partial charge in [-0.3, -0.25) is 20.5 Å². The molecule has 0 spiro atoms. The lowest BCUT2D eigenvalue weighted by molar-refractivity contribution is -0.384. The van der Waals surface area contributed by atoms with E-state index in [2.05, 4.69) is 15.5 Å². The summed E-state index contributed by atoms with van der Waals surface area (Å²) in [7, 11) is 0. The zero-order chi connectivity index (χ0) is 16.2. The Hall–Kier alpha value is -3.28. The number of nitro benzene ring substituents is 1. The minimum absolute atomic E-state index is 0.0453. The SMILES string of the molecule is C/C(=N\Nc1cccc2cccnc12)c1cccc([N+](=O)[O-])c1. The highest BCUT2D eigenvalue weighted by atomic mass is 16.6. The highest BCUT2D eigenvalue weighted by Gasteiger charge is 2.07. The molecule has 1 heterocycles. The summed E-state index contributed by atoms with van der Waals surface area (Å²) in [6.45, 7) is 1.80. The number of hydrogen-bond acceptors (Lipinski definition) is 5. The van der Waals surface area contributed by atoms with Crippen molar-refractivity contribution < 1.29 is 4.92 Å². The first-order valence-corrected chi connectivity index (χ1v) is 7.04. The van der Waals surface area contributed by atoms with Gasteiger partial charge in [0.1, 0.15) is 0 Å². The van der Waals surface area contributed by atoms with Crippen LogP contribution in [0.15, 0.2) is 65.9 Å². The van der Waals surface area contributed by atoms with E-state index in [1.54, 1.807) is 25.3 Å². The first-order valence-electron chi connectivity index (χ1n) is 7.04. The Morgan fingerprint density at radius 2 is 1.96 bits per heavy atom. The number of anilines is 1. The fraction of sp³-hybridized carbons (Fsp3) is 0.0588. The van der Waals surface area contributed by atoms with Crippen molar-refractivity contribution in [3.05, 3.63) is 76.5 Å². The number of nitrogens with zero attached hydrogens (tertiary/aromatic N) is 3. The zero-order valence-corrected chi connectivity index (χ0v) is 12.4. The largest absolute Gasteiger partial charge is 0.276 e. The average molecular weight is 306 g/mol. The van der Waals surface area contributed by atoms with Gasteiger partial charge in [-0.15, -0.1) is 0 Å². The van der Waals surface area contributed by atoms with Crippen molar-refractivity contribution in [1.82, 2.24) is 4.98 Å². The van der Waals surface area contributed by atoms with Crippen LogP contribution < -0.4 is 5.43 Å². The van der Waals surface area contributed by atoms with Crippen LogP contribution >= 0.6 is 0 Å². The predicted molar refractivity (Wildman–Crippen MR) is 90.7 cm³/mol. The normalized spacial score (nSPS) is 11.4. The van der Waals surface area contributed by atoms with E-state index in [0.29, 0.717) is 11.3 Å². The Morgan fingerprint density at radius 3 is 2.78 bits per heavy atom. The molecule has 3 aromatic rings. The van der Waals surface area contributed by atoms with Crippen molar-refractivity contribution in [2.24, 2.45) is 5.10 Å². The minimum atomic E-state index is -0.418. The molecular formula is C17H14N4O2. The highest BCUT2D eigenvalue weighted by Crippen LogP contribution is 2.21.